The van der Waals surface area contributed by atoms with Crippen LogP contribution in [0.1, 0.15) is 17.0 Å². The smallest absolute Gasteiger partial charge is 0.369 e. The van der Waals surface area contributed by atoms with Crippen LogP contribution in [-0.4, -0.2) is 36.1 Å². The number of halogens is 4. The quantitative estimate of drug-likeness (QED) is 0.688. The largest absolute Gasteiger partial charge is 0.433 e. The van der Waals surface area contributed by atoms with E-state index < -0.39 is 26.9 Å². The number of hydrogen-bond acceptors (Lipinski definition) is 5. The molecule has 2 heterocycles. The summed E-state index contributed by atoms with van der Waals surface area (Å²) in [4.78, 5) is 8.87. The maximum absolute atomic E-state index is 13.2. The number of alkyl halides is 3. The predicted molar refractivity (Wildman–Crippen MR) is 99.1 cm³/mol. The van der Waals surface area contributed by atoms with Gasteiger partial charge >= 0.3 is 6.18 Å². The molecule has 1 aromatic heterocycles. The van der Waals surface area contributed by atoms with E-state index in [-0.39, 0.29) is 5.69 Å². The topological polar surface area (TPSA) is 63.2 Å². The molecule has 148 valence electrons. The van der Waals surface area contributed by atoms with Gasteiger partial charge in [0, 0.05) is 36.1 Å². The van der Waals surface area contributed by atoms with Gasteiger partial charge in [-0.05, 0) is 23.8 Å². The van der Waals surface area contributed by atoms with Gasteiger partial charge in [0.1, 0.15) is 5.69 Å². The third-order valence-electron chi connectivity index (χ3n) is 3.88. The molecule has 0 unspecified atom stereocenters. The van der Waals surface area contributed by atoms with Crippen LogP contribution in [0.3, 0.4) is 0 Å². The fraction of sp³-hybridized carbons (Fsp3) is 0.222. The number of hydrogen-bond donors (Lipinski definition) is 0. The zero-order valence-corrected chi connectivity index (χ0v) is 16.2. The Kier molecular flexibility index (Phi) is 5.49. The zero-order chi connectivity index (χ0) is 20.5. The summed E-state index contributed by atoms with van der Waals surface area (Å²) >= 11 is 5.87. The lowest BCUT2D eigenvalue weighted by Crippen LogP contribution is -2.20. The molecule has 0 radical (unpaired) electrons. The maximum atomic E-state index is 13.2. The zero-order valence-electron chi connectivity index (χ0n) is 14.6. The van der Waals surface area contributed by atoms with Crippen LogP contribution in [0.4, 0.5) is 13.2 Å². The molecule has 1 aromatic carbocycles. The van der Waals surface area contributed by atoms with E-state index in [2.05, 4.69) is 9.97 Å². The first-order valence-corrected chi connectivity index (χ1v) is 10.3. The van der Waals surface area contributed by atoms with Crippen molar-refractivity contribution in [1.82, 2.24) is 14.9 Å². The molecule has 1 aliphatic heterocycles. The van der Waals surface area contributed by atoms with Gasteiger partial charge in [-0.2, -0.15) is 13.2 Å². The molecule has 28 heavy (non-hydrogen) atoms. The monoisotopic (exact) mass is 429 g/mol. The standard InChI is InChI=1S/C18H15ClF3N3O2S/c1-28(26,27)17-23-15(9-16(24-17)18(20,21)22)13-3-2-8-25(11-13)10-12-4-6-14(19)7-5-12/h2-7,9,11H,8,10H2,1H3. The van der Waals surface area contributed by atoms with Crippen LogP contribution in [0.5, 0.6) is 0 Å². The Hall–Kier alpha value is -2.39. The van der Waals surface area contributed by atoms with Gasteiger partial charge in [-0.1, -0.05) is 35.9 Å². The van der Waals surface area contributed by atoms with Crippen LogP contribution in [0.15, 0.2) is 53.8 Å². The molecular formula is C18H15ClF3N3O2S. The van der Waals surface area contributed by atoms with E-state index in [0.29, 0.717) is 23.7 Å². The second-order valence-corrected chi connectivity index (χ2v) is 8.58. The van der Waals surface area contributed by atoms with Crippen LogP contribution in [-0.2, 0) is 22.6 Å². The summed E-state index contributed by atoms with van der Waals surface area (Å²) in [5, 5.41) is -0.256. The summed E-state index contributed by atoms with van der Waals surface area (Å²) in [6, 6.07) is 7.95. The first-order chi connectivity index (χ1) is 13.0. The fourth-order valence-electron chi connectivity index (χ4n) is 2.58. The third kappa shape index (κ3) is 4.90. The molecule has 0 aliphatic carbocycles. The van der Waals surface area contributed by atoms with E-state index in [9.17, 15) is 21.6 Å². The highest BCUT2D eigenvalue weighted by Crippen LogP contribution is 2.31. The van der Waals surface area contributed by atoms with Crippen molar-refractivity contribution in [2.75, 3.05) is 12.8 Å². The fourth-order valence-corrected chi connectivity index (χ4v) is 3.23. The van der Waals surface area contributed by atoms with Crippen molar-refractivity contribution in [2.24, 2.45) is 0 Å². The second kappa shape index (κ2) is 7.56. The lowest BCUT2D eigenvalue weighted by Gasteiger charge is -2.23. The highest BCUT2D eigenvalue weighted by atomic mass is 35.5. The van der Waals surface area contributed by atoms with Gasteiger partial charge in [-0.25, -0.2) is 18.4 Å². The second-order valence-electron chi connectivity index (χ2n) is 6.23. The molecule has 2 aromatic rings. The Morgan fingerprint density at radius 1 is 1.18 bits per heavy atom. The molecule has 0 N–H and O–H groups in total. The van der Waals surface area contributed by atoms with Crippen LogP contribution in [0, 0.1) is 0 Å². The minimum atomic E-state index is -4.79. The molecule has 0 saturated carbocycles. The Bertz CT molecular complexity index is 1050. The SMILES string of the molecule is CS(=O)(=O)c1nc(C2=CN(Cc3ccc(Cl)cc3)CC=C2)cc(C(F)(F)F)n1. The number of benzene rings is 1. The average Bonchev–Trinajstić information content (AvgIpc) is 2.62. The maximum Gasteiger partial charge on any atom is 0.433 e. The van der Waals surface area contributed by atoms with Crippen molar-refractivity contribution in [3.63, 3.8) is 0 Å². The first kappa shape index (κ1) is 20.3. The normalized spacial score (nSPS) is 14.9. The number of rotatable bonds is 4. The Morgan fingerprint density at radius 3 is 2.46 bits per heavy atom. The van der Waals surface area contributed by atoms with Crippen molar-refractivity contribution in [2.45, 2.75) is 17.9 Å². The molecule has 0 atom stereocenters. The van der Waals surface area contributed by atoms with Crippen molar-refractivity contribution >= 4 is 27.0 Å². The van der Waals surface area contributed by atoms with E-state index in [1.807, 2.05) is 17.0 Å². The van der Waals surface area contributed by atoms with E-state index in [4.69, 9.17) is 11.6 Å². The molecule has 3 rings (SSSR count). The number of aromatic nitrogens is 2. The molecular weight excluding hydrogens is 415 g/mol. The van der Waals surface area contributed by atoms with Gasteiger partial charge in [-0.15, -0.1) is 0 Å². The highest BCUT2D eigenvalue weighted by Gasteiger charge is 2.35. The number of nitrogens with zero attached hydrogens (tertiary/aromatic N) is 3. The summed E-state index contributed by atoms with van der Waals surface area (Å²) in [7, 11) is -4.01. The van der Waals surface area contributed by atoms with Crippen LogP contribution in [0.2, 0.25) is 5.02 Å². The predicted octanol–water partition coefficient (Wildman–Crippen LogP) is 3.97. The first-order valence-electron chi connectivity index (χ1n) is 8.06. The summed E-state index contributed by atoms with van der Waals surface area (Å²) in [5.41, 5.74) is -0.0920. The molecule has 0 saturated heterocycles. The van der Waals surface area contributed by atoms with Crippen LogP contribution in [0.25, 0.3) is 5.57 Å². The van der Waals surface area contributed by atoms with Crippen molar-refractivity contribution in [3.05, 3.63) is 70.7 Å². The molecule has 0 spiro atoms. The Balaban J connectivity index is 1.97. The molecule has 0 bridgehead atoms. The van der Waals surface area contributed by atoms with Crippen LogP contribution < -0.4 is 0 Å². The van der Waals surface area contributed by atoms with Gasteiger partial charge in [0.25, 0.3) is 0 Å². The summed E-state index contributed by atoms with van der Waals surface area (Å²) in [6.07, 6.45) is 0.986. The van der Waals surface area contributed by atoms with Gasteiger partial charge < -0.3 is 4.90 Å². The number of sulfone groups is 1. The lowest BCUT2D eigenvalue weighted by atomic mass is 10.1. The molecule has 10 heteroatoms. The van der Waals surface area contributed by atoms with Gasteiger partial charge in [0.05, 0.1) is 5.69 Å². The highest BCUT2D eigenvalue weighted by molar-refractivity contribution is 7.90. The lowest BCUT2D eigenvalue weighted by molar-refractivity contribution is -0.141. The Labute approximate surface area is 165 Å². The average molecular weight is 430 g/mol. The molecule has 0 fully saturated rings. The van der Waals surface area contributed by atoms with Gasteiger partial charge in [0.2, 0.25) is 15.0 Å². The van der Waals surface area contributed by atoms with Crippen molar-refractivity contribution < 1.29 is 21.6 Å². The molecule has 0 amide bonds. The summed E-state index contributed by atoms with van der Waals surface area (Å²) in [5.74, 6) is 0. The van der Waals surface area contributed by atoms with Gasteiger partial charge in [-0.3, -0.25) is 0 Å². The van der Waals surface area contributed by atoms with Crippen LogP contribution >= 0.6 is 11.6 Å². The summed E-state index contributed by atoms with van der Waals surface area (Å²) < 4.78 is 62.9. The third-order valence-corrected chi connectivity index (χ3v) is 4.98. The van der Waals surface area contributed by atoms with E-state index in [1.54, 1.807) is 30.5 Å². The van der Waals surface area contributed by atoms with E-state index in [0.717, 1.165) is 17.9 Å². The molecule has 1 aliphatic rings. The molecule has 5 nitrogen and oxygen atoms in total. The van der Waals surface area contributed by atoms with Crippen molar-refractivity contribution in [3.8, 4) is 0 Å². The van der Waals surface area contributed by atoms with E-state index >= 15 is 0 Å². The number of allylic oxidation sites excluding steroid dienone is 2. The van der Waals surface area contributed by atoms with Crippen molar-refractivity contribution in [1.29, 1.82) is 0 Å². The Morgan fingerprint density at radius 2 is 1.86 bits per heavy atom. The van der Waals surface area contributed by atoms with E-state index in [1.165, 1.54) is 0 Å². The van der Waals surface area contributed by atoms with Gasteiger partial charge in [0.15, 0.2) is 0 Å². The minimum Gasteiger partial charge on any atom is -0.369 e. The minimum absolute atomic E-state index is 0.111. The summed E-state index contributed by atoms with van der Waals surface area (Å²) in [6.45, 7) is 1.05.